The normalized spacial score (nSPS) is 17.7. The summed E-state index contributed by atoms with van der Waals surface area (Å²) in [6, 6.07) is 10.9. The Morgan fingerprint density at radius 3 is 2.63 bits per heavy atom. The van der Waals surface area contributed by atoms with Crippen LogP contribution in [0.3, 0.4) is 0 Å². The van der Waals surface area contributed by atoms with E-state index in [1.54, 1.807) is 36.4 Å². The van der Waals surface area contributed by atoms with Crippen LogP contribution in [-0.2, 0) is 6.18 Å². The zero-order valence-electron chi connectivity index (χ0n) is 15.3. The van der Waals surface area contributed by atoms with E-state index in [1.807, 2.05) is 0 Å². The molecule has 0 radical (unpaired) electrons. The number of benzene rings is 2. The quantitative estimate of drug-likeness (QED) is 0.661. The van der Waals surface area contributed by atoms with Crippen LogP contribution in [0.1, 0.15) is 23.0 Å². The first-order valence-electron chi connectivity index (χ1n) is 9.10. The van der Waals surface area contributed by atoms with Crippen molar-refractivity contribution in [1.29, 1.82) is 0 Å². The minimum absolute atomic E-state index is 0.00183. The number of phenolic OH excluding ortho intramolecular Hbond substituents is 1. The van der Waals surface area contributed by atoms with Crippen molar-refractivity contribution in [2.45, 2.75) is 12.2 Å². The Morgan fingerprint density at radius 2 is 1.87 bits per heavy atom. The van der Waals surface area contributed by atoms with E-state index in [0.717, 1.165) is 4.68 Å². The lowest BCUT2D eigenvalue weighted by Gasteiger charge is -2.25. The lowest BCUT2D eigenvalue weighted by atomic mass is 10.0. The van der Waals surface area contributed by atoms with Crippen LogP contribution in [0, 0.1) is 0 Å². The SMILES string of the molecule is Oc1cccc(C2C=C(c3ccc4c(c3)OCCO4)Nc3nc(C(F)(F)F)nn32)c1. The summed E-state index contributed by atoms with van der Waals surface area (Å²) >= 11 is 0. The van der Waals surface area contributed by atoms with Gasteiger partial charge in [-0.3, -0.25) is 0 Å². The molecule has 0 aliphatic carbocycles. The van der Waals surface area contributed by atoms with Gasteiger partial charge in [-0.15, -0.1) is 5.10 Å². The fraction of sp³-hybridized carbons (Fsp3) is 0.200. The fourth-order valence-corrected chi connectivity index (χ4v) is 3.44. The van der Waals surface area contributed by atoms with Gasteiger partial charge in [0.2, 0.25) is 5.95 Å². The number of nitrogens with one attached hydrogen (secondary N) is 1. The van der Waals surface area contributed by atoms with Crippen LogP contribution in [0.25, 0.3) is 5.70 Å². The van der Waals surface area contributed by atoms with Crippen LogP contribution in [-0.4, -0.2) is 33.1 Å². The maximum Gasteiger partial charge on any atom is 0.453 e. The molecule has 7 nitrogen and oxygen atoms in total. The van der Waals surface area contributed by atoms with Crippen molar-refractivity contribution in [3.8, 4) is 17.2 Å². The molecule has 5 rings (SSSR count). The second kappa shape index (κ2) is 6.68. The van der Waals surface area contributed by atoms with E-state index in [2.05, 4.69) is 15.4 Å². The summed E-state index contributed by atoms with van der Waals surface area (Å²) in [6.07, 6.45) is -2.96. The van der Waals surface area contributed by atoms with Crippen molar-refractivity contribution in [1.82, 2.24) is 14.8 Å². The summed E-state index contributed by atoms with van der Waals surface area (Å²) in [5.74, 6) is -0.139. The molecule has 0 fully saturated rings. The largest absolute Gasteiger partial charge is 0.508 e. The van der Waals surface area contributed by atoms with E-state index in [0.29, 0.717) is 41.5 Å². The summed E-state index contributed by atoms with van der Waals surface area (Å²) in [5, 5.41) is 16.4. The zero-order valence-corrected chi connectivity index (χ0v) is 15.3. The Morgan fingerprint density at radius 1 is 1.07 bits per heavy atom. The monoisotopic (exact) mass is 416 g/mol. The Balaban J connectivity index is 1.61. The lowest BCUT2D eigenvalue weighted by Crippen LogP contribution is -2.21. The third-order valence-corrected chi connectivity index (χ3v) is 4.78. The molecule has 3 heterocycles. The van der Waals surface area contributed by atoms with Crippen LogP contribution >= 0.6 is 0 Å². The third-order valence-electron chi connectivity index (χ3n) is 4.78. The smallest absolute Gasteiger partial charge is 0.453 e. The van der Waals surface area contributed by atoms with Crippen LogP contribution in [0.5, 0.6) is 17.2 Å². The third kappa shape index (κ3) is 3.19. The average molecular weight is 416 g/mol. The van der Waals surface area contributed by atoms with Gasteiger partial charge < -0.3 is 19.9 Å². The molecule has 2 aliphatic rings. The molecule has 3 aromatic rings. The molecular weight excluding hydrogens is 401 g/mol. The number of rotatable bonds is 2. The number of hydrogen-bond acceptors (Lipinski definition) is 6. The van der Waals surface area contributed by atoms with Gasteiger partial charge in [-0.2, -0.15) is 18.2 Å². The first-order chi connectivity index (χ1) is 14.4. The molecule has 2 aromatic carbocycles. The topological polar surface area (TPSA) is 81.4 Å². The standard InChI is InChI=1S/C20H15F3N4O3/c21-20(22,23)18-25-19-24-14(11-4-5-16-17(9-11)30-7-6-29-16)10-15(27(19)26-18)12-2-1-3-13(28)8-12/h1-5,8-10,15,28H,6-7H2,(H,24,25,26). The summed E-state index contributed by atoms with van der Waals surface area (Å²) in [7, 11) is 0. The highest BCUT2D eigenvalue weighted by atomic mass is 19.4. The number of ether oxygens (including phenoxy) is 2. The van der Waals surface area contributed by atoms with Crippen LogP contribution < -0.4 is 14.8 Å². The van der Waals surface area contributed by atoms with Crippen molar-refractivity contribution in [3.63, 3.8) is 0 Å². The van der Waals surface area contributed by atoms with Gasteiger partial charge in [0.05, 0.1) is 0 Å². The molecule has 0 bridgehead atoms. The number of allylic oxidation sites excluding steroid dienone is 1. The Labute approximate surface area is 168 Å². The molecule has 0 saturated heterocycles. The van der Waals surface area contributed by atoms with Crippen molar-refractivity contribution < 1.29 is 27.8 Å². The van der Waals surface area contributed by atoms with Crippen LogP contribution in [0.4, 0.5) is 19.1 Å². The highest BCUT2D eigenvalue weighted by molar-refractivity contribution is 5.78. The second-order valence-corrected chi connectivity index (χ2v) is 6.80. The molecule has 154 valence electrons. The van der Waals surface area contributed by atoms with Gasteiger partial charge >= 0.3 is 6.18 Å². The minimum Gasteiger partial charge on any atom is -0.508 e. The van der Waals surface area contributed by atoms with Crippen LogP contribution in [0.15, 0.2) is 48.5 Å². The first-order valence-corrected chi connectivity index (χ1v) is 9.10. The van der Waals surface area contributed by atoms with E-state index in [-0.39, 0.29) is 11.7 Å². The highest BCUT2D eigenvalue weighted by Crippen LogP contribution is 2.38. The van der Waals surface area contributed by atoms with Crippen molar-refractivity contribution in [2.75, 3.05) is 18.5 Å². The zero-order chi connectivity index (χ0) is 20.9. The van der Waals surface area contributed by atoms with Crippen molar-refractivity contribution >= 4 is 11.6 Å². The number of aromatic nitrogens is 3. The molecule has 2 N–H and O–H groups in total. The Hall–Kier alpha value is -3.69. The van der Waals surface area contributed by atoms with Crippen molar-refractivity contribution in [2.24, 2.45) is 0 Å². The predicted octanol–water partition coefficient (Wildman–Crippen LogP) is 3.83. The number of nitrogens with zero attached hydrogens (tertiary/aromatic N) is 3. The number of phenols is 1. The molecule has 2 aliphatic heterocycles. The summed E-state index contributed by atoms with van der Waals surface area (Å²) in [4.78, 5) is 3.64. The summed E-state index contributed by atoms with van der Waals surface area (Å²) < 4.78 is 51.9. The molecular formula is C20H15F3N4O3. The Kier molecular flexibility index (Phi) is 4.09. The van der Waals surface area contributed by atoms with E-state index in [1.165, 1.54) is 12.1 Å². The molecule has 1 unspecified atom stereocenters. The maximum absolute atomic E-state index is 13.2. The number of hydrogen-bond donors (Lipinski definition) is 2. The molecule has 1 aromatic heterocycles. The molecule has 0 saturated carbocycles. The van der Waals surface area contributed by atoms with E-state index in [9.17, 15) is 18.3 Å². The highest BCUT2D eigenvalue weighted by Gasteiger charge is 2.39. The summed E-state index contributed by atoms with van der Waals surface area (Å²) in [6.45, 7) is 0.869. The van der Waals surface area contributed by atoms with Crippen molar-refractivity contribution in [3.05, 3.63) is 65.5 Å². The van der Waals surface area contributed by atoms with Gasteiger partial charge in [0.1, 0.15) is 25.0 Å². The van der Waals surface area contributed by atoms with E-state index < -0.39 is 18.0 Å². The van der Waals surface area contributed by atoms with Gasteiger partial charge in [0, 0.05) is 11.3 Å². The fourth-order valence-electron chi connectivity index (χ4n) is 3.44. The van der Waals surface area contributed by atoms with Crippen LogP contribution in [0.2, 0.25) is 0 Å². The van der Waals surface area contributed by atoms with Gasteiger partial charge in [0.25, 0.3) is 5.82 Å². The Bertz CT molecular complexity index is 1160. The first kappa shape index (κ1) is 18.3. The lowest BCUT2D eigenvalue weighted by molar-refractivity contribution is -0.145. The van der Waals surface area contributed by atoms with Gasteiger partial charge in [0.15, 0.2) is 11.5 Å². The minimum atomic E-state index is -4.69. The van der Waals surface area contributed by atoms with Gasteiger partial charge in [-0.1, -0.05) is 12.1 Å². The van der Waals surface area contributed by atoms with E-state index in [4.69, 9.17) is 9.47 Å². The number of anilines is 1. The van der Waals surface area contributed by atoms with Gasteiger partial charge in [-0.05, 0) is 42.0 Å². The van der Waals surface area contributed by atoms with E-state index >= 15 is 0 Å². The molecule has 0 amide bonds. The predicted molar refractivity (Wildman–Crippen MR) is 100 cm³/mol. The maximum atomic E-state index is 13.2. The summed E-state index contributed by atoms with van der Waals surface area (Å²) in [5.41, 5.74) is 1.78. The number of aromatic hydroxyl groups is 1. The molecule has 30 heavy (non-hydrogen) atoms. The number of halogens is 3. The number of alkyl halides is 3. The molecule has 0 spiro atoms. The molecule has 10 heteroatoms. The second-order valence-electron chi connectivity index (χ2n) is 6.80. The average Bonchev–Trinajstić information content (AvgIpc) is 3.17. The number of fused-ring (bicyclic) bond motifs is 2. The van der Waals surface area contributed by atoms with Gasteiger partial charge in [-0.25, -0.2) is 4.68 Å². The molecule has 1 atom stereocenters.